The SMILES string of the molecule is CC(=O)C1(c2ccccc2)CCN(C(=O)CNS(=O)(=O)c2ccc(C)cc2)CC1. The highest BCUT2D eigenvalue weighted by Crippen LogP contribution is 2.36. The lowest BCUT2D eigenvalue weighted by Crippen LogP contribution is -2.50. The number of rotatable bonds is 6. The second-order valence-electron chi connectivity index (χ2n) is 7.52. The molecule has 0 atom stereocenters. The fourth-order valence-electron chi connectivity index (χ4n) is 3.81. The number of hydrogen-bond acceptors (Lipinski definition) is 4. The fraction of sp³-hybridized carbons (Fsp3) is 0.364. The molecule has 1 heterocycles. The maximum absolute atomic E-state index is 12.6. The Morgan fingerprint density at radius 2 is 1.59 bits per heavy atom. The highest BCUT2D eigenvalue weighted by molar-refractivity contribution is 7.89. The largest absolute Gasteiger partial charge is 0.341 e. The van der Waals surface area contributed by atoms with Crippen molar-refractivity contribution in [3.05, 3.63) is 65.7 Å². The number of nitrogens with zero attached hydrogens (tertiary/aromatic N) is 1. The van der Waals surface area contributed by atoms with Gasteiger partial charge in [-0.25, -0.2) is 13.1 Å². The van der Waals surface area contributed by atoms with E-state index in [0.717, 1.165) is 11.1 Å². The molecule has 1 saturated heterocycles. The monoisotopic (exact) mass is 414 g/mol. The second-order valence-corrected chi connectivity index (χ2v) is 9.29. The van der Waals surface area contributed by atoms with E-state index in [1.54, 1.807) is 24.0 Å². The average Bonchev–Trinajstić information content (AvgIpc) is 2.73. The predicted octanol–water partition coefficient (Wildman–Crippen LogP) is 2.42. The van der Waals surface area contributed by atoms with Gasteiger partial charge in [0.2, 0.25) is 15.9 Å². The Hall–Kier alpha value is -2.51. The minimum absolute atomic E-state index is 0.0934. The van der Waals surface area contributed by atoms with Gasteiger partial charge in [0.05, 0.1) is 16.9 Å². The van der Waals surface area contributed by atoms with Gasteiger partial charge in [-0.3, -0.25) is 9.59 Å². The van der Waals surface area contributed by atoms with E-state index in [4.69, 9.17) is 0 Å². The summed E-state index contributed by atoms with van der Waals surface area (Å²) >= 11 is 0. The molecule has 0 saturated carbocycles. The number of carbonyl (C=O) groups excluding carboxylic acids is 2. The van der Waals surface area contributed by atoms with Gasteiger partial charge in [0, 0.05) is 13.1 Å². The van der Waals surface area contributed by atoms with E-state index < -0.39 is 15.4 Å². The van der Waals surface area contributed by atoms with Crippen molar-refractivity contribution in [2.45, 2.75) is 37.0 Å². The highest BCUT2D eigenvalue weighted by atomic mass is 32.2. The molecule has 3 rings (SSSR count). The van der Waals surface area contributed by atoms with Crippen molar-refractivity contribution >= 4 is 21.7 Å². The fourth-order valence-corrected chi connectivity index (χ4v) is 4.78. The first kappa shape index (κ1) is 21.2. The van der Waals surface area contributed by atoms with Crippen LogP contribution in [-0.4, -0.2) is 44.6 Å². The molecule has 1 fully saturated rings. The van der Waals surface area contributed by atoms with Crippen LogP contribution in [0.25, 0.3) is 0 Å². The molecule has 0 radical (unpaired) electrons. The van der Waals surface area contributed by atoms with E-state index in [-0.39, 0.29) is 23.1 Å². The number of amides is 1. The van der Waals surface area contributed by atoms with E-state index in [1.165, 1.54) is 12.1 Å². The van der Waals surface area contributed by atoms with Crippen LogP contribution in [0.2, 0.25) is 0 Å². The molecule has 0 unspecified atom stereocenters. The summed E-state index contributed by atoms with van der Waals surface area (Å²) in [4.78, 5) is 26.8. The third-order valence-corrected chi connectivity index (χ3v) is 7.13. The molecule has 29 heavy (non-hydrogen) atoms. The molecule has 0 spiro atoms. The average molecular weight is 415 g/mol. The maximum Gasteiger partial charge on any atom is 0.241 e. The number of hydrogen-bond donors (Lipinski definition) is 1. The van der Waals surface area contributed by atoms with Gasteiger partial charge < -0.3 is 4.90 Å². The lowest BCUT2D eigenvalue weighted by molar-refractivity contribution is -0.134. The molecule has 6 nitrogen and oxygen atoms in total. The maximum atomic E-state index is 12.6. The molecule has 1 N–H and O–H groups in total. The number of sulfonamides is 1. The van der Waals surface area contributed by atoms with E-state index in [2.05, 4.69) is 4.72 Å². The summed E-state index contributed by atoms with van der Waals surface area (Å²) in [5, 5.41) is 0. The van der Waals surface area contributed by atoms with Gasteiger partial charge in [-0.2, -0.15) is 0 Å². The summed E-state index contributed by atoms with van der Waals surface area (Å²) in [5.74, 6) is -0.193. The third kappa shape index (κ3) is 4.57. The van der Waals surface area contributed by atoms with Gasteiger partial charge in [-0.15, -0.1) is 0 Å². The first-order valence-corrected chi connectivity index (χ1v) is 11.1. The van der Waals surface area contributed by atoms with Gasteiger partial charge in [0.25, 0.3) is 0 Å². The summed E-state index contributed by atoms with van der Waals surface area (Å²) in [6.07, 6.45) is 1.06. The zero-order valence-corrected chi connectivity index (χ0v) is 17.5. The molecule has 2 aromatic carbocycles. The van der Waals surface area contributed by atoms with Crippen molar-refractivity contribution in [2.75, 3.05) is 19.6 Å². The summed E-state index contributed by atoms with van der Waals surface area (Å²) < 4.78 is 27.1. The van der Waals surface area contributed by atoms with Crippen LogP contribution in [0.15, 0.2) is 59.5 Å². The summed E-state index contributed by atoms with van der Waals surface area (Å²) in [5.41, 5.74) is 1.35. The first-order valence-electron chi connectivity index (χ1n) is 9.65. The van der Waals surface area contributed by atoms with Crippen molar-refractivity contribution in [3.63, 3.8) is 0 Å². The Morgan fingerprint density at radius 3 is 2.14 bits per heavy atom. The topological polar surface area (TPSA) is 83.6 Å². The predicted molar refractivity (Wildman–Crippen MR) is 111 cm³/mol. The van der Waals surface area contributed by atoms with Crippen molar-refractivity contribution in [2.24, 2.45) is 0 Å². The molecular weight excluding hydrogens is 388 g/mol. The Balaban J connectivity index is 1.62. The molecule has 154 valence electrons. The van der Waals surface area contributed by atoms with Crippen LogP contribution >= 0.6 is 0 Å². The Morgan fingerprint density at radius 1 is 1.00 bits per heavy atom. The van der Waals surface area contributed by atoms with Gasteiger partial charge >= 0.3 is 0 Å². The van der Waals surface area contributed by atoms with E-state index in [9.17, 15) is 18.0 Å². The van der Waals surface area contributed by atoms with Crippen LogP contribution in [0.4, 0.5) is 0 Å². The lowest BCUT2D eigenvalue weighted by atomic mass is 9.70. The highest BCUT2D eigenvalue weighted by Gasteiger charge is 2.41. The molecule has 1 amide bonds. The third-order valence-electron chi connectivity index (χ3n) is 5.71. The van der Waals surface area contributed by atoms with Crippen molar-refractivity contribution in [1.82, 2.24) is 9.62 Å². The minimum atomic E-state index is -3.74. The molecular formula is C22H26N2O4S. The lowest BCUT2D eigenvalue weighted by Gasteiger charge is -2.40. The number of Topliss-reactive ketones (excluding diaryl/α,β-unsaturated/α-hetero) is 1. The van der Waals surface area contributed by atoms with Crippen molar-refractivity contribution in [3.8, 4) is 0 Å². The molecule has 2 aromatic rings. The standard InChI is InChI=1S/C22H26N2O4S/c1-17-8-10-20(11-9-17)29(27,28)23-16-21(26)24-14-12-22(13-15-24,18(2)25)19-6-4-3-5-7-19/h3-11,23H,12-16H2,1-2H3. The van der Waals surface area contributed by atoms with Crippen LogP contribution < -0.4 is 4.72 Å². The molecule has 1 aliphatic rings. The second kappa shape index (κ2) is 8.47. The zero-order valence-electron chi connectivity index (χ0n) is 16.7. The number of nitrogens with one attached hydrogen (secondary N) is 1. The molecule has 0 bridgehead atoms. The summed E-state index contributed by atoms with van der Waals surface area (Å²) in [7, 11) is -3.74. The Kier molecular flexibility index (Phi) is 6.19. The van der Waals surface area contributed by atoms with E-state index >= 15 is 0 Å². The van der Waals surface area contributed by atoms with Crippen LogP contribution in [0, 0.1) is 6.92 Å². The number of carbonyl (C=O) groups is 2. The van der Waals surface area contributed by atoms with Gasteiger partial charge in [-0.1, -0.05) is 48.0 Å². The van der Waals surface area contributed by atoms with Crippen LogP contribution in [0.3, 0.4) is 0 Å². The molecule has 7 heteroatoms. The number of ketones is 1. The molecule has 0 aromatic heterocycles. The van der Waals surface area contributed by atoms with E-state index in [1.807, 2.05) is 37.3 Å². The van der Waals surface area contributed by atoms with Crippen LogP contribution in [-0.2, 0) is 25.0 Å². The smallest absolute Gasteiger partial charge is 0.241 e. The number of piperidine rings is 1. The number of aryl methyl sites for hydroxylation is 1. The quantitative estimate of drug-likeness (QED) is 0.787. The molecule has 1 aliphatic heterocycles. The number of likely N-dealkylation sites (tertiary alicyclic amines) is 1. The first-order chi connectivity index (χ1) is 13.7. The Bertz CT molecular complexity index is 977. The van der Waals surface area contributed by atoms with Gasteiger partial charge in [-0.05, 0) is 44.4 Å². The summed E-state index contributed by atoms with van der Waals surface area (Å²) in [6, 6.07) is 16.1. The van der Waals surface area contributed by atoms with E-state index in [0.29, 0.717) is 25.9 Å². The van der Waals surface area contributed by atoms with Crippen LogP contribution in [0.1, 0.15) is 30.9 Å². The van der Waals surface area contributed by atoms with Gasteiger partial charge in [0.15, 0.2) is 0 Å². The van der Waals surface area contributed by atoms with Crippen LogP contribution in [0.5, 0.6) is 0 Å². The number of benzene rings is 2. The normalized spacial score (nSPS) is 16.4. The Labute approximate surface area is 172 Å². The minimum Gasteiger partial charge on any atom is -0.341 e. The van der Waals surface area contributed by atoms with Crippen molar-refractivity contribution < 1.29 is 18.0 Å². The van der Waals surface area contributed by atoms with Gasteiger partial charge in [0.1, 0.15) is 5.78 Å². The summed E-state index contributed by atoms with van der Waals surface area (Å²) in [6.45, 7) is 4.01. The molecule has 0 aliphatic carbocycles. The zero-order chi connectivity index (χ0) is 21.1. The van der Waals surface area contributed by atoms with Crippen molar-refractivity contribution in [1.29, 1.82) is 0 Å².